The number of carbonyl (C=O) groups is 1. The van der Waals surface area contributed by atoms with Crippen LogP contribution in [0.3, 0.4) is 0 Å². The van der Waals surface area contributed by atoms with E-state index in [1.807, 2.05) is 32.1 Å². The minimum atomic E-state index is -1.33. The zero-order valence-corrected chi connectivity index (χ0v) is 17.1. The van der Waals surface area contributed by atoms with Crippen LogP contribution >= 0.6 is 0 Å². The molecule has 1 aliphatic rings. The summed E-state index contributed by atoms with van der Waals surface area (Å²) in [6.07, 6.45) is 1.65. The van der Waals surface area contributed by atoms with E-state index >= 15 is 0 Å². The van der Waals surface area contributed by atoms with Gasteiger partial charge in [-0.25, -0.2) is 0 Å². The number of aryl methyl sites for hydroxylation is 2. The number of ether oxygens (including phenoxy) is 1. The van der Waals surface area contributed by atoms with Gasteiger partial charge in [0, 0.05) is 13.1 Å². The van der Waals surface area contributed by atoms with Crippen molar-refractivity contribution < 1.29 is 24.3 Å². The standard InChI is InChI=1S/C19H29N3O5S/c1-13-9-16(27-12-15(24)11-23)10-14(2)17(13)3-8-28(26)22-6-4-19(21,5-7-22)18(20)25/h3,8-10,15,23-24H,4-7,11-12,21H2,1-2H3,(H2,20,25)/b8-3+/t15-,28+/m1/s1. The second-order valence-electron chi connectivity index (χ2n) is 7.15. The fourth-order valence-electron chi connectivity index (χ4n) is 3.05. The Morgan fingerprint density at radius 1 is 1.39 bits per heavy atom. The van der Waals surface area contributed by atoms with Crippen molar-refractivity contribution in [1.29, 1.82) is 0 Å². The molecule has 9 heteroatoms. The van der Waals surface area contributed by atoms with Crippen LogP contribution in [0.4, 0.5) is 0 Å². The molecule has 0 spiro atoms. The highest BCUT2D eigenvalue weighted by atomic mass is 32.2. The van der Waals surface area contributed by atoms with Crippen LogP contribution in [0.5, 0.6) is 5.75 Å². The minimum absolute atomic E-state index is 0.0114. The summed E-state index contributed by atoms with van der Waals surface area (Å²) in [5, 5.41) is 19.9. The van der Waals surface area contributed by atoms with Gasteiger partial charge in [-0.15, -0.1) is 4.31 Å². The first-order valence-corrected chi connectivity index (χ1v) is 10.3. The van der Waals surface area contributed by atoms with E-state index in [9.17, 15) is 14.5 Å². The number of amides is 1. The van der Waals surface area contributed by atoms with Crippen molar-refractivity contribution in [2.75, 3.05) is 26.3 Å². The molecule has 2 rings (SSSR count). The maximum absolute atomic E-state index is 12.6. The number of nitrogens with zero attached hydrogens (tertiary/aromatic N) is 1. The number of hydrogen-bond donors (Lipinski definition) is 4. The number of hydrogen-bond acceptors (Lipinski definition) is 7. The van der Waals surface area contributed by atoms with Gasteiger partial charge < -0.3 is 31.0 Å². The lowest BCUT2D eigenvalue weighted by Gasteiger charge is -2.35. The third-order valence-electron chi connectivity index (χ3n) is 4.93. The van der Waals surface area contributed by atoms with Crippen LogP contribution in [0, 0.1) is 13.8 Å². The third-order valence-corrected chi connectivity index (χ3v) is 6.17. The first-order chi connectivity index (χ1) is 13.2. The maximum Gasteiger partial charge on any atom is 0.237 e. The Bertz CT molecular complexity index is 697. The van der Waals surface area contributed by atoms with E-state index in [2.05, 4.69) is 0 Å². The largest absolute Gasteiger partial charge is 0.593 e. The highest BCUT2D eigenvalue weighted by Crippen LogP contribution is 2.25. The van der Waals surface area contributed by atoms with Gasteiger partial charge >= 0.3 is 0 Å². The predicted molar refractivity (Wildman–Crippen MR) is 109 cm³/mol. The SMILES string of the molecule is Cc1cc(OC[C@H](O)CO)cc(C)c1/C=C/[S@+]([O-])N1CCC(N)(C(N)=O)CC1. The first-order valence-electron chi connectivity index (χ1n) is 9.12. The molecule has 1 aromatic carbocycles. The second-order valence-corrected chi connectivity index (χ2v) is 8.49. The van der Waals surface area contributed by atoms with Crippen LogP contribution in [-0.2, 0) is 16.2 Å². The summed E-state index contributed by atoms with van der Waals surface area (Å²) in [6, 6.07) is 3.66. The Morgan fingerprint density at radius 2 is 1.96 bits per heavy atom. The molecule has 0 aliphatic carbocycles. The summed E-state index contributed by atoms with van der Waals surface area (Å²) in [5.74, 6) is 0.0797. The Balaban J connectivity index is 2.00. The van der Waals surface area contributed by atoms with Gasteiger partial charge in [-0.1, -0.05) is 0 Å². The quantitative estimate of drug-likeness (QED) is 0.439. The van der Waals surface area contributed by atoms with Crippen LogP contribution in [0.25, 0.3) is 6.08 Å². The molecule has 1 aromatic rings. The highest BCUT2D eigenvalue weighted by Gasteiger charge is 2.38. The number of piperidine rings is 1. The third kappa shape index (κ3) is 5.69. The van der Waals surface area contributed by atoms with Crippen LogP contribution < -0.4 is 16.2 Å². The molecule has 0 bridgehead atoms. The smallest absolute Gasteiger partial charge is 0.237 e. The number of carbonyl (C=O) groups excluding carboxylic acids is 1. The molecule has 8 nitrogen and oxygen atoms in total. The van der Waals surface area contributed by atoms with Gasteiger partial charge in [0.15, 0.2) is 0 Å². The van der Waals surface area contributed by atoms with Crippen LogP contribution in [0.2, 0.25) is 0 Å². The van der Waals surface area contributed by atoms with E-state index in [-0.39, 0.29) is 13.2 Å². The highest BCUT2D eigenvalue weighted by molar-refractivity contribution is 7.92. The van der Waals surface area contributed by atoms with Crippen molar-refractivity contribution in [3.05, 3.63) is 34.2 Å². The van der Waals surface area contributed by atoms with Gasteiger partial charge in [0.25, 0.3) is 0 Å². The maximum atomic E-state index is 12.6. The molecule has 0 saturated carbocycles. The normalized spacial score (nSPS) is 19.5. The number of aliphatic hydroxyl groups excluding tert-OH is 2. The molecule has 2 atom stereocenters. The monoisotopic (exact) mass is 411 g/mol. The Labute approximate surface area is 168 Å². The van der Waals surface area contributed by atoms with Gasteiger partial charge in [0.1, 0.15) is 23.9 Å². The van der Waals surface area contributed by atoms with E-state index in [1.165, 1.54) is 0 Å². The molecule has 6 N–H and O–H groups in total. The number of nitrogens with two attached hydrogens (primary N) is 2. The number of rotatable bonds is 8. The number of primary amides is 1. The van der Waals surface area contributed by atoms with Crippen molar-refractivity contribution in [3.8, 4) is 5.75 Å². The van der Waals surface area contributed by atoms with Crippen LogP contribution in [-0.4, -0.2) is 62.9 Å². The van der Waals surface area contributed by atoms with Crippen molar-refractivity contribution in [3.63, 3.8) is 0 Å². The first kappa shape index (κ1) is 22.7. The fourth-order valence-corrected chi connectivity index (χ4v) is 4.02. The summed E-state index contributed by atoms with van der Waals surface area (Å²) in [7, 11) is 0. The van der Waals surface area contributed by atoms with Gasteiger partial charge in [-0.05, 0) is 61.6 Å². The lowest BCUT2D eigenvalue weighted by molar-refractivity contribution is -0.124. The lowest BCUT2D eigenvalue weighted by atomic mass is 9.89. The van der Waals surface area contributed by atoms with Gasteiger partial charge in [-0.3, -0.25) is 4.79 Å². The predicted octanol–water partition coefficient (Wildman–Crippen LogP) is -0.0516. The molecule has 156 valence electrons. The summed E-state index contributed by atoms with van der Waals surface area (Å²) in [4.78, 5) is 11.4. The molecule has 0 unspecified atom stereocenters. The van der Waals surface area contributed by atoms with E-state index in [0.29, 0.717) is 31.7 Å². The Hall–Kier alpha value is -1.62. The molecule has 1 aliphatic heterocycles. The van der Waals surface area contributed by atoms with Crippen molar-refractivity contribution in [1.82, 2.24) is 4.31 Å². The Morgan fingerprint density at radius 3 is 2.46 bits per heavy atom. The van der Waals surface area contributed by atoms with E-state index in [1.54, 1.807) is 9.71 Å². The summed E-state index contributed by atoms with van der Waals surface area (Å²) >= 11 is -1.33. The van der Waals surface area contributed by atoms with Crippen molar-refractivity contribution >= 4 is 23.3 Å². The van der Waals surface area contributed by atoms with Crippen LogP contribution in [0.1, 0.15) is 29.5 Å². The molecular weight excluding hydrogens is 382 g/mol. The molecule has 0 radical (unpaired) electrons. The van der Waals surface area contributed by atoms with E-state index in [0.717, 1.165) is 16.7 Å². The zero-order chi connectivity index (χ0) is 20.9. The van der Waals surface area contributed by atoms with Crippen molar-refractivity contribution in [2.45, 2.75) is 38.3 Å². The van der Waals surface area contributed by atoms with Gasteiger partial charge in [0.2, 0.25) is 5.91 Å². The Kier molecular flexibility index (Phi) is 7.87. The average molecular weight is 412 g/mol. The zero-order valence-electron chi connectivity index (χ0n) is 16.3. The van der Waals surface area contributed by atoms with Crippen LogP contribution in [0.15, 0.2) is 17.5 Å². The summed E-state index contributed by atoms with van der Waals surface area (Å²) in [6.45, 7) is 4.37. The number of benzene rings is 1. The summed E-state index contributed by atoms with van der Waals surface area (Å²) in [5.41, 5.74) is 13.1. The van der Waals surface area contributed by atoms with E-state index < -0.39 is 28.9 Å². The lowest BCUT2D eigenvalue weighted by Crippen LogP contribution is -2.58. The average Bonchev–Trinajstić information content (AvgIpc) is 2.65. The molecule has 1 amide bonds. The van der Waals surface area contributed by atoms with Gasteiger partial charge in [-0.2, -0.15) is 0 Å². The molecule has 1 saturated heterocycles. The molecule has 0 aromatic heterocycles. The second kappa shape index (κ2) is 9.73. The molecule has 28 heavy (non-hydrogen) atoms. The van der Waals surface area contributed by atoms with Gasteiger partial charge in [0.05, 0.1) is 23.5 Å². The summed E-state index contributed by atoms with van der Waals surface area (Å²) < 4.78 is 19.8. The van der Waals surface area contributed by atoms with Crippen molar-refractivity contribution in [2.24, 2.45) is 11.5 Å². The molecular formula is C19H29N3O5S. The fraction of sp³-hybridized carbons (Fsp3) is 0.526. The van der Waals surface area contributed by atoms with E-state index in [4.69, 9.17) is 21.3 Å². The molecule has 1 heterocycles. The minimum Gasteiger partial charge on any atom is -0.593 e. The topological polar surface area (TPSA) is 145 Å². The number of aliphatic hydroxyl groups is 2. The molecule has 1 fully saturated rings.